The first-order valence-electron chi connectivity index (χ1n) is 7.91. The van der Waals surface area contributed by atoms with E-state index in [-0.39, 0.29) is 0 Å². The van der Waals surface area contributed by atoms with Gasteiger partial charge in [-0.1, -0.05) is 12.1 Å². The predicted octanol–water partition coefficient (Wildman–Crippen LogP) is 3.59. The monoisotopic (exact) mass is 297 g/mol. The molecule has 4 heteroatoms. The molecule has 22 heavy (non-hydrogen) atoms. The van der Waals surface area contributed by atoms with Gasteiger partial charge in [-0.2, -0.15) is 0 Å². The van der Waals surface area contributed by atoms with Crippen molar-refractivity contribution in [2.45, 2.75) is 46.1 Å². The number of ether oxygens (including phenoxy) is 1. The van der Waals surface area contributed by atoms with Gasteiger partial charge in [-0.05, 0) is 51.2 Å². The standard InChI is InChI=1S/C18H23N3O/c1-12-8-9-14(17(10-12)22-3)11-19-18-15-6-4-5-7-16(15)20-13(2)21-18/h8-10H,4-7,11H2,1-3H3,(H,19,20,21). The summed E-state index contributed by atoms with van der Waals surface area (Å²) >= 11 is 0. The first-order chi connectivity index (χ1) is 10.7. The molecule has 0 saturated heterocycles. The Balaban J connectivity index is 1.84. The zero-order chi connectivity index (χ0) is 15.5. The molecule has 1 heterocycles. The zero-order valence-electron chi connectivity index (χ0n) is 13.6. The minimum Gasteiger partial charge on any atom is -0.496 e. The Bertz CT molecular complexity index is 682. The van der Waals surface area contributed by atoms with Gasteiger partial charge in [0.05, 0.1) is 7.11 Å². The van der Waals surface area contributed by atoms with E-state index >= 15 is 0 Å². The van der Waals surface area contributed by atoms with E-state index in [2.05, 4.69) is 40.4 Å². The molecule has 0 bridgehead atoms. The van der Waals surface area contributed by atoms with Crippen molar-refractivity contribution in [2.24, 2.45) is 0 Å². The van der Waals surface area contributed by atoms with Crippen LogP contribution < -0.4 is 10.1 Å². The van der Waals surface area contributed by atoms with Crippen molar-refractivity contribution in [1.29, 1.82) is 0 Å². The minimum absolute atomic E-state index is 0.715. The number of fused-ring (bicyclic) bond motifs is 1. The molecule has 116 valence electrons. The number of anilines is 1. The summed E-state index contributed by atoms with van der Waals surface area (Å²) in [6.07, 6.45) is 4.60. The number of aromatic nitrogens is 2. The summed E-state index contributed by atoms with van der Waals surface area (Å²) in [5.74, 6) is 2.76. The number of rotatable bonds is 4. The van der Waals surface area contributed by atoms with E-state index in [9.17, 15) is 0 Å². The predicted molar refractivity (Wildman–Crippen MR) is 88.5 cm³/mol. The summed E-state index contributed by atoms with van der Waals surface area (Å²) in [7, 11) is 1.72. The van der Waals surface area contributed by atoms with Crippen LogP contribution in [0.25, 0.3) is 0 Å². The normalized spacial score (nSPS) is 13.6. The Morgan fingerprint density at radius 3 is 2.77 bits per heavy atom. The number of nitrogens with zero attached hydrogens (tertiary/aromatic N) is 2. The third kappa shape index (κ3) is 3.06. The molecule has 0 unspecified atom stereocenters. The van der Waals surface area contributed by atoms with Gasteiger partial charge in [0, 0.05) is 23.4 Å². The second-order valence-electron chi connectivity index (χ2n) is 5.92. The topological polar surface area (TPSA) is 47.0 Å². The van der Waals surface area contributed by atoms with E-state index < -0.39 is 0 Å². The van der Waals surface area contributed by atoms with E-state index in [4.69, 9.17) is 4.74 Å². The highest BCUT2D eigenvalue weighted by atomic mass is 16.5. The fourth-order valence-corrected chi connectivity index (χ4v) is 3.04. The molecular weight excluding hydrogens is 274 g/mol. The molecular formula is C18H23N3O. The first kappa shape index (κ1) is 14.8. The Kier molecular flexibility index (Phi) is 4.27. The van der Waals surface area contributed by atoms with Gasteiger partial charge >= 0.3 is 0 Å². The van der Waals surface area contributed by atoms with Crippen LogP contribution in [0.4, 0.5) is 5.82 Å². The van der Waals surface area contributed by atoms with E-state index in [1.165, 1.54) is 29.7 Å². The van der Waals surface area contributed by atoms with Gasteiger partial charge in [-0.3, -0.25) is 0 Å². The molecule has 3 rings (SSSR count). The Labute approximate surface area is 132 Å². The lowest BCUT2D eigenvalue weighted by Gasteiger charge is -2.19. The maximum atomic E-state index is 5.48. The second kappa shape index (κ2) is 6.34. The zero-order valence-corrected chi connectivity index (χ0v) is 13.6. The van der Waals surface area contributed by atoms with Crippen LogP contribution in [-0.4, -0.2) is 17.1 Å². The highest BCUT2D eigenvalue weighted by Gasteiger charge is 2.17. The smallest absolute Gasteiger partial charge is 0.133 e. The fourth-order valence-electron chi connectivity index (χ4n) is 3.04. The fraction of sp³-hybridized carbons (Fsp3) is 0.444. The molecule has 4 nitrogen and oxygen atoms in total. The molecule has 1 aliphatic carbocycles. The van der Waals surface area contributed by atoms with E-state index in [1.54, 1.807) is 7.11 Å². The van der Waals surface area contributed by atoms with E-state index in [0.29, 0.717) is 6.54 Å². The van der Waals surface area contributed by atoms with Crippen molar-refractivity contribution >= 4 is 5.82 Å². The summed E-state index contributed by atoms with van der Waals surface area (Å²) in [4.78, 5) is 9.21. The average Bonchev–Trinajstić information content (AvgIpc) is 2.53. The van der Waals surface area contributed by atoms with E-state index in [1.807, 2.05) is 6.92 Å². The van der Waals surface area contributed by atoms with Crippen LogP contribution in [-0.2, 0) is 19.4 Å². The Morgan fingerprint density at radius 1 is 1.14 bits per heavy atom. The Morgan fingerprint density at radius 2 is 1.95 bits per heavy atom. The van der Waals surface area contributed by atoms with Crippen LogP contribution in [0.3, 0.4) is 0 Å². The molecule has 1 N–H and O–H groups in total. The summed E-state index contributed by atoms with van der Waals surface area (Å²) in [6, 6.07) is 6.29. The van der Waals surface area contributed by atoms with Gasteiger partial charge in [0.25, 0.3) is 0 Å². The number of nitrogens with one attached hydrogen (secondary N) is 1. The highest BCUT2D eigenvalue weighted by Crippen LogP contribution is 2.27. The Hall–Kier alpha value is -2.10. The van der Waals surface area contributed by atoms with Gasteiger partial charge < -0.3 is 10.1 Å². The van der Waals surface area contributed by atoms with Crippen LogP contribution in [0.1, 0.15) is 41.1 Å². The van der Waals surface area contributed by atoms with Crippen LogP contribution in [0, 0.1) is 13.8 Å². The first-order valence-corrected chi connectivity index (χ1v) is 7.91. The second-order valence-corrected chi connectivity index (χ2v) is 5.92. The van der Waals surface area contributed by atoms with Gasteiger partial charge in [-0.15, -0.1) is 0 Å². The van der Waals surface area contributed by atoms with Crippen LogP contribution >= 0.6 is 0 Å². The molecule has 1 aromatic heterocycles. The molecule has 0 aliphatic heterocycles. The third-order valence-electron chi connectivity index (χ3n) is 4.18. The lowest BCUT2D eigenvalue weighted by atomic mass is 9.96. The molecule has 0 spiro atoms. The highest BCUT2D eigenvalue weighted by molar-refractivity contribution is 5.49. The average molecular weight is 297 g/mol. The molecule has 1 aliphatic rings. The minimum atomic E-state index is 0.715. The van der Waals surface area contributed by atoms with Crippen LogP contribution in [0.2, 0.25) is 0 Å². The molecule has 0 atom stereocenters. The molecule has 0 fully saturated rings. The molecule has 0 amide bonds. The summed E-state index contributed by atoms with van der Waals surface area (Å²) in [5, 5.41) is 3.49. The number of methoxy groups -OCH3 is 1. The maximum Gasteiger partial charge on any atom is 0.133 e. The lowest BCUT2D eigenvalue weighted by molar-refractivity contribution is 0.410. The summed E-state index contributed by atoms with van der Waals surface area (Å²) < 4.78 is 5.48. The lowest BCUT2D eigenvalue weighted by Crippen LogP contribution is -2.14. The van der Waals surface area contributed by atoms with E-state index in [0.717, 1.165) is 35.8 Å². The van der Waals surface area contributed by atoms with Crippen LogP contribution in [0.15, 0.2) is 18.2 Å². The summed E-state index contributed by atoms with van der Waals surface area (Å²) in [6.45, 7) is 4.75. The van der Waals surface area contributed by atoms with Gasteiger partial charge in [0.2, 0.25) is 0 Å². The molecule has 0 radical (unpaired) electrons. The summed E-state index contributed by atoms with van der Waals surface area (Å²) in [5.41, 5.74) is 4.87. The van der Waals surface area contributed by atoms with Crippen molar-refractivity contribution in [3.8, 4) is 5.75 Å². The van der Waals surface area contributed by atoms with Gasteiger partial charge in [-0.25, -0.2) is 9.97 Å². The molecule has 1 aromatic carbocycles. The number of hydrogen-bond acceptors (Lipinski definition) is 4. The SMILES string of the molecule is COc1cc(C)ccc1CNc1nc(C)nc2c1CCCC2. The quantitative estimate of drug-likeness (QED) is 0.937. The van der Waals surface area contributed by atoms with Crippen molar-refractivity contribution in [3.63, 3.8) is 0 Å². The van der Waals surface area contributed by atoms with Crippen molar-refractivity contribution < 1.29 is 4.74 Å². The number of benzene rings is 1. The van der Waals surface area contributed by atoms with Crippen LogP contribution in [0.5, 0.6) is 5.75 Å². The van der Waals surface area contributed by atoms with Gasteiger partial charge in [0.15, 0.2) is 0 Å². The van der Waals surface area contributed by atoms with Crippen molar-refractivity contribution in [2.75, 3.05) is 12.4 Å². The molecule has 0 saturated carbocycles. The third-order valence-corrected chi connectivity index (χ3v) is 4.18. The largest absolute Gasteiger partial charge is 0.496 e. The number of aryl methyl sites for hydroxylation is 3. The van der Waals surface area contributed by atoms with Crippen molar-refractivity contribution in [3.05, 3.63) is 46.4 Å². The van der Waals surface area contributed by atoms with Gasteiger partial charge in [0.1, 0.15) is 17.4 Å². The maximum absolute atomic E-state index is 5.48. The number of hydrogen-bond donors (Lipinski definition) is 1. The molecule has 2 aromatic rings. The van der Waals surface area contributed by atoms with Crippen molar-refractivity contribution in [1.82, 2.24) is 9.97 Å².